The van der Waals surface area contributed by atoms with E-state index in [1.54, 1.807) is 0 Å². The molecule has 0 N–H and O–H groups in total. The lowest BCUT2D eigenvalue weighted by molar-refractivity contribution is 0.574. The summed E-state index contributed by atoms with van der Waals surface area (Å²) in [7, 11) is 0. The van der Waals surface area contributed by atoms with Crippen molar-refractivity contribution in [2.75, 3.05) is 0 Å². The van der Waals surface area contributed by atoms with Crippen molar-refractivity contribution < 1.29 is 0 Å². The van der Waals surface area contributed by atoms with Gasteiger partial charge in [-0.1, -0.05) is 0 Å². The fourth-order valence-electron chi connectivity index (χ4n) is 1.74. The van der Waals surface area contributed by atoms with Gasteiger partial charge in [0.15, 0.2) is 0 Å². The van der Waals surface area contributed by atoms with Gasteiger partial charge in [0.05, 0.1) is 0 Å². The van der Waals surface area contributed by atoms with Crippen molar-refractivity contribution in [1.29, 1.82) is 0 Å². The van der Waals surface area contributed by atoms with Crippen LogP contribution in [0.4, 0.5) is 0 Å². The maximum absolute atomic E-state index is 2.37. The molecule has 0 radical (unpaired) electrons. The van der Waals surface area contributed by atoms with Gasteiger partial charge in [-0.2, -0.15) is 0 Å². The number of aryl methyl sites for hydroxylation is 2. The Hall–Kier alpha value is -0.720. The fraction of sp³-hybridized carbons (Fsp3) is 0.600. The molecule has 62 valence electrons. The minimum absolute atomic E-state index is 0.587. The van der Waals surface area contributed by atoms with Gasteiger partial charge in [-0.25, -0.2) is 0 Å². The molecule has 1 heterocycles. The Morgan fingerprint density at radius 3 is 1.91 bits per heavy atom. The number of hydrogen-bond acceptors (Lipinski definition) is 0. The van der Waals surface area contributed by atoms with Gasteiger partial charge in [-0.3, -0.25) is 0 Å². The van der Waals surface area contributed by atoms with E-state index in [4.69, 9.17) is 0 Å². The summed E-state index contributed by atoms with van der Waals surface area (Å²) >= 11 is 0. The van der Waals surface area contributed by atoms with E-state index in [0.717, 1.165) is 0 Å². The van der Waals surface area contributed by atoms with E-state index >= 15 is 0 Å². The summed E-state index contributed by atoms with van der Waals surface area (Å²) in [6.45, 7) is 11.0. The first-order valence-corrected chi connectivity index (χ1v) is 4.19. The van der Waals surface area contributed by atoms with Crippen molar-refractivity contribution in [3.63, 3.8) is 0 Å². The molecule has 0 aliphatic carbocycles. The zero-order valence-electron chi connectivity index (χ0n) is 8.10. The molecule has 0 spiro atoms. The van der Waals surface area contributed by atoms with Crippen LogP contribution in [0.2, 0.25) is 0 Å². The molecule has 0 aromatic carbocycles. The van der Waals surface area contributed by atoms with Gasteiger partial charge in [-0.15, -0.1) is 0 Å². The zero-order chi connectivity index (χ0) is 8.59. The molecule has 1 aromatic heterocycles. The lowest BCUT2D eigenvalue weighted by Gasteiger charge is -2.13. The molecule has 11 heavy (non-hydrogen) atoms. The van der Waals surface area contributed by atoms with Gasteiger partial charge in [-0.05, 0) is 46.2 Å². The van der Waals surface area contributed by atoms with Gasteiger partial charge < -0.3 is 4.57 Å². The first kappa shape index (κ1) is 8.38. The zero-order valence-corrected chi connectivity index (χ0v) is 8.10. The summed E-state index contributed by atoms with van der Waals surface area (Å²) in [5, 5.41) is 0. The average molecular weight is 151 g/mol. The summed E-state index contributed by atoms with van der Waals surface area (Å²) in [4.78, 5) is 0. The predicted molar refractivity (Wildman–Crippen MR) is 49.0 cm³/mol. The quantitative estimate of drug-likeness (QED) is 0.581. The molecule has 0 saturated heterocycles. The van der Waals surface area contributed by atoms with E-state index in [1.165, 1.54) is 17.0 Å². The standard InChI is InChI=1S/C10H17N/c1-7(2)11-9(4)6-8(3)10(11)5/h6-7H,1-5H3. The maximum atomic E-state index is 2.37. The fourth-order valence-corrected chi connectivity index (χ4v) is 1.74. The summed E-state index contributed by atoms with van der Waals surface area (Å²) < 4.78 is 2.37. The van der Waals surface area contributed by atoms with Gasteiger partial charge in [0, 0.05) is 17.4 Å². The Labute approximate surface area is 69.0 Å². The summed E-state index contributed by atoms with van der Waals surface area (Å²) in [5.74, 6) is 0. The smallest absolute Gasteiger partial charge is 0.0279 e. The van der Waals surface area contributed by atoms with E-state index in [1.807, 2.05) is 0 Å². The number of aromatic nitrogens is 1. The monoisotopic (exact) mass is 151 g/mol. The normalized spacial score (nSPS) is 11.1. The van der Waals surface area contributed by atoms with Crippen LogP contribution in [0.15, 0.2) is 6.07 Å². The third kappa shape index (κ3) is 1.32. The lowest BCUT2D eigenvalue weighted by Crippen LogP contribution is -2.04. The van der Waals surface area contributed by atoms with E-state index < -0.39 is 0 Å². The molecular weight excluding hydrogens is 134 g/mol. The molecule has 1 heteroatoms. The van der Waals surface area contributed by atoms with Crippen LogP contribution in [0.25, 0.3) is 0 Å². The van der Waals surface area contributed by atoms with E-state index in [9.17, 15) is 0 Å². The third-order valence-electron chi connectivity index (χ3n) is 2.25. The first-order valence-electron chi connectivity index (χ1n) is 4.19. The Morgan fingerprint density at radius 2 is 1.73 bits per heavy atom. The molecule has 0 bridgehead atoms. The highest BCUT2D eigenvalue weighted by molar-refractivity contribution is 5.25. The van der Waals surface area contributed by atoms with Crippen LogP contribution in [0, 0.1) is 20.8 Å². The molecule has 0 saturated carbocycles. The molecule has 1 nitrogen and oxygen atoms in total. The Balaban J connectivity index is 3.22. The van der Waals surface area contributed by atoms with E-state index in [-0.39, 0.29) is 0 Å². The molecule has 0 aliphatic rings. The third-order valence-corrected chi connectivity index (χ3v) is 2.25. The van der Waals surface area contributed by atoms with Crippen LogP contribution in [0.3, 0.4) is 0 Å². The molecule has 0 unspecified atom stereocenters. The number of rotatable bonds is 1. The van der Waals surface area contributed by atoms with Crippen LogP contribution in [-0.2, 0) is 0 Å². The van der Waals surface area contributed by atoms with Crippen molar-refractivity contribution in [3.05, 3.63) is 23.0 Å². The van der Waals surface area contributed by atoms with Gasteiger partial charge in [0.2, 0.25) is 0 Å². The highest BCUT2D eigenvalue weighted by Crippen LogP contribution is 2.18. The number of hydrogen-bond donors (Lipinski definition) is 0. The van der Waals surface area contributed by atoms with Gasteiger partial charge in [0.1, 0.15) is 0 Å². The average Bonchev–Trinajstić information content (AvgIpc) is 2.07. The van der Waals surface area contributed by atoms with E-state index in [2.05, 4.69) is 45.3 Å². The Morgan fingerprint density at radius 1 is 1.18 bits per heavy atom. The minimum Gasteiger partial charge on any atom is -0.346 e. The molecule has 0 aliphatic heterocycles. The Kier molecular flexibility index (Phi) is 2.08. The largest absolute Gasteiger partial charge is 0.346 e. The second-order valence-corrected chi connectivity index (χ2v) is 3.52. The molecule has 0 amide bonds. The van der Waals surface area contributed by atoms with Crippen LogP contribution in [-0.4, -0.2) is 4.57 Å². The summed E-state index contributed by atoms with van der Waals surface area (Å²) in [6, 6.07) is 2.83. The predicted octanol–water partition coefficient (Wildman–Crippen LogP) is 2.99. The molecule has 0 atom stereocenters. The Bertz CT molecular complexity index is 256. The van der Waals surface area contributed by atoms with Crippen LogP contribution in [0.1, 0.15) is 36.8 Å². The van der Waals surface area contributed by atoms with E-state index in [0.29, 0.717) is 6.04 Å². The molecule has 1 rings (SSSR count). The molecule has 1 aromatic rings. The second-order valence-electron chi connectivity index (χ2n) is 3.52. The molecular formula is C10H17N. The lowest BCUT2D eigenvalue weighted by atomic mass is 10.3. The second kappa shape index (κ2) is 2.72. The van der Waals surface area contributed by atoms with Crippen molar-refractivity contribution in [1.82, 2.24) is 4.57 Å². The highest BCUT2D eigenvalue weighted by atomic mass is 15.0. The van der Waals surface area contributed by atoms with Crippen LogP contribution >= 0.6 is 0 Å². The van der Waals surface area contributed by atoms with Crippen molar-refractivity contribution in [2.45, 2.75) is 40.7 Å². The SMILES string of the molecule is Cc1cc(C)n(C(C)C)c1C. The minimum atomic E-state index is 0.587. The molecule has 0 fully saturated rings. The number of nitrogens with zero attached hydrogens (tertiary/aromatic N) is 1. The van der Waals surface area contributed by atoms with Crippen molar-refractivity contribution in [3.8, 4) is 0 Å². The van der Waals surface area contributed by atoms with Crippen molar-refractivity contribution in [2.24, 2.45) is 0 Å². The van der Waals surface area contributed by atoms with Crippen LogP contribution < -0.4 is 0 Å². The van der Waals surface area contributed by atoms with Crippen LogP contribution in [0.5, 0.6) is 0 Å². The summed E-state index contributed by atoms with van der Waals surface area (Å²) in [6.07, 6.45) is 0. The van der Waals surface area contributed by atoms with Crippen molar-refractivity contribution >= 4 is 0 Å². The first-order chi connectivity index (χ1) is 5.04. The maximum Gasteiger partial charge on any atom is 0.0279 e. The highest BCUT2D eigenvalue weighted by Gasteiger charge is 2.06. The van der Waals surface area contributed by atoms with Gasteiger partial charge >= 0.3 is 0 Å². The summed E-state index contributed by atoms with van der Waals surface area (Å²) in [5.41, 5.74) is 4.17. The van der Waals surface area contributed by atoms with Gasteiger partial charge in [0.25, 0.3) is 0 Å². The topological polar surface area (TPSA) is 4.93 Å².